The number of nitrogens with one attached hydrogen (secondary N) is 1. The zero-order chi connectivity index (χ0) is 13.9. The molecule has 1 heterocycles. The van der Waals surface area contributed by atoms with Crippen LogP contribution in [-0.2, 0) is 6.54 Å². The van der Waals surface area contributed by atoms with E-state index in [0.29, 0.717) is 11.9 Å². The van der Waals surface area contributed by atoms with Crippen LogP contribution < -0.4 is 10.1 Å². The van der Waals surface area contributed by atoms with Crippen LogP contribution in [0, 0.1) is 13.8 Å². The molecule has 0 aliphatic heterocycles. The van der Waals surface area contributed by atoms with Gasteiger partial charge in [-0.2, -0.15) is 5.10 Å². The van der Waals surface area contributed by atoms with Crippen molar-refractivity contribution < 1.29 is 4.74 Å². The van der Waals surface area contributed by atoms with Gasteiger partial charge in [0.05, 0.1) is 5.69 Å². The minimum atomic E-state index is 0.533. The van der Waals surface area contributed by atoms with Crippen LogP contribution in [0.2, 0.25) is 0 Å². The highest BCUT2D eigenvalue weighted by atomic mass is 16.5. The molecule has 1 fully saturated rings. The van der Waals surface area contributed by atoms with Gasteiger partial charge in [-0.15, -0.1) is 5.10 Å². The van der Waals surface area contributed by atoms with Crippen LogP contribution in [0.5, 0.6) is 11.6 Å². The van der Waals surface area contributed by atoms with E-state index >= 15 is 0 Å². The molecule has 3 rings (SSSR count). The molecule has 4 nitrogen and oxygen atoms in total. The zero-order valence-corrected chi connectivity index (χ0v) is 11.9. The van der Waals surface area contributed by atoms with E-state index in [1.54, 1.807) is 0 Å². The molecule has 20 heavy (non-hydrogen) atoms. The third-order valence-electron chi connectivity index (χ3n) is 3.26. The van der Waals surface area contributed by atoms with E-state index in [4.69, 9.17) is 4.74 Å². The van der Waals surface area contributed by atoms with Crippen molar-refractivity contribution in [2.75, 3.05) is 0 Å². The van der Waals surface area contributed by atoms with Crippen molar-refractivity contribution in [3.63, 3.8) is 0 Å². The summed E-state index contributed by atoms with van der Waals surface area (Å²) in [5.41, 5.74) is 3.31. The highest BCUT2D eigenvalue weighted by Crippen LogP contribution is 2.22. The summed E-state index contributed by atoms with van der Waals surface area (Å²) in [5.74, 6) is 1.34. The Bertz CT molecular complexity index is 571. The molecule has 2 aromatic rings. The topological polar surface area (TPSA) is 47.0 Å². The Morgan fingerprint density at radius 2 is 1.85 bits per heavy atom. The summed E-state index contributed by atoms with van der Waals surface area (Å²) >= 11 is 0. The van der Waals surface area contributed by atoms with Gasteiger partial charge in [0, 0.05) is 18.7 Å². The molecule has 4 heteroatoms. The van der Waals surface area contributed by atoms with E-state index in [2.05, 4.69) is 35.4 Å². The van der Waals surface area contributed by atoms with Crippen molar-refractivity contribution in [1.82, 2.24) is 15.5 Å². The number of aryl methyl sites for hydroxylation is 2. The standard InChI is InChI=1S/C16H19N3O/c1-11-7-12(2)9-15(8-11)20-16-6-5-14(18-19-16)10-17-13-3-4-13/h5-9,13,17H,3-4,10H2,1-2H3. The van der Waals surface area contributed by atoms with Crippen molar-refractivity contribution in [2.24, 2.45) is 0 Å². The third-order valence-corrected chi connectivity index (χ3v) is 3.26. The van der Waals surface area contributed by atoms with Crippen LogP contribution in [0.4, 0.5) is 0 Å². The van der Waals surface area contributed by atoms with Crippen LogP contribution in [0.25, 0.3) is 0 Å². The average molecular weight is 269 g/mol. The molecule has 1 aromatic heterocycles. The van der Waals surface area contributed by atoms with E-state index in [0.717, 1.165) is 18.0 Å². The maximum atomic E-state index is 5.74. The lowest BCUT2D eigenvalue weighted by Gasteiger charge is -2.07. The fourth-order valence-electron chi connectivity index (χ4n) is 2.15. The fourth-order valence-corrected chi connectivity index (χ4v) is 2.15. The van der Waals surface area contributed by atoms with Crippen LogP contribution in [0.15, 0.2) is 30.3 Å². The third kappa shape index (κ3) is 3.54. The van der Waals surface area contributed by atoms with E-state index in [1.165, 1.54) is 24.0 Å². The van der Waals surface area contributed by atoms with Crippen LogP contribution in [0.1, 0.15) is 29.7 Å². The molecule has 0 atom stereocenters. The number of benzene rings is 1. The predicted octanol–water partition coefficient (Wildman–Crippen LogP) is 3.14. The zero-order valence-electron chi connectivity index (χ0n) is 11.9. The maximum Gasteiger partial charge on any atom is 0.238 e. The average Bonchev–Trinajstić information content (AvgIpc) is 3.21. The van der Waals surface area contributed by atoms with Crippen molar-refractivity contribution in [2.45, 2.75) is 39.3 Å². The number of nitrogens with zero attached hydrogens (tertiary/aromatic N) is 2. The molecule has 1 aliphatic carbocycles. The number of hydrogen-bond acceptors (Lipinski definition) is 4. The van der Waals surface area contributed by atoms with Crippen molar-refractivity contribution in [3.05, 3.63) is 47.2 Å². The molecule has 1 aliphatic rings. The highest BCUT2D eigenvalue weighted by molar-refractivity contribution is 5.35. The Hall–Kier alpha value is -1.94. The molecular formula is C16H19N3O. The monoisotopic (exact) mass is 269 g/mol. The summed E-state index contributed by atoms with van der Waals surface area (Å²) in [5, 5.41) is 11.7. The lowest BCUT2D eigenvalue weighted by molar-refractivity contribution is 0.452. The largest absolute Gasteiger partial charge is 0.438 e. The van der Waals surface area contributed by atoms with Gasteiger partial charge in [-0.3, -0.25) is 0 Å². The van der Waals surface area contributed by atoms with E-state index in [9.17, 15) is 0 Å². The maximum absolute atomic E-state index is 5.74. The molecular weight excluding hydrogens is 250 g/mol. The van der Waals surface area contributed by atoms with Gasteiger partial charge in [0.2, 0.25) is 5.88 Å². The summed E-state index contributed by atoms with van der Waals surface area (Å²) in [4.78, 5) is 0. The molecule has 0 saturated heterocycles. The molecule has 0 unspecified atom stereocenters. The number of rotatable bonds is 5. The molecule has 0 amide bonds. The van der Waals surface area contributed by atoms with Gasteiger partial charge in [0.15, 0.2) is 0 Å². The number of hydrogen-bond donors (Lipinski definition) is 1. The summed E-state index contributed by atoms with van der Waals surface area (Å²) in [6, 6.07) is 10.6. The quantitative estimate of drug-likeness (QED) is 0.906. The minimum absolute atomic E-state index is 0.533. The Kier molecular flexibility index (Phi) is 3.65. The molecule has 0 bridgehead atoms. The second-order valence-electron chi connectivity index (χ2n) is 5.44. The first-order chi connectivity index (χ1) is 9.69. The van der Waals surface area contributed by atoms with E-state index in [-0.39, 0.29) is 0 Å². The first kappa shape index (κ1) is 13.1. The molecule has 1 N–H and O–H groups in total. The molecule has 104 valence electrons. The first-order valence-corrected chi connectivity index (χ1v) is 7.01. The molecule has 0 radical (unpaired) electrons. The van der Waals surface area contributed by atoms with Gasteiger partial charge in [-0.1, -0.05) is 6.07 Å². The van der Waals surface area contributed by atoms with Gasteiger partial charge < -0.3 is 10.1 Å². The molecule has 1 saturated carbocycles. The lowest BCUT2D eigenvalue weighted by atomic mass is 10.1. The van der Waals surface area contributed by atoms with Crippen LogP contribution >= 0.6 is 0 Å². The van der Waals surface area contributed by atoms with Gasteiger partial charge in [-0.05, 0) is 56.0 Å². The number of aromatic nitrogens is 2. The van der Waals surface area contributed by atoms with Crippen LogP contribution in [-0.4, -0.2) is 16.2 Å². The highest BCUT2D eigenvalue weighted by Gasteiger charge is 2.20. The Morgan fingerprint density at radius 1 is 1.10 bits per heavy atom. The Balaban J connectivity index is 1.64. The van der Waals surface area contributed by atoms with Crippen molar-refractivity contribution >= 4 is 0 Å². The van der Waals surface area contributed by atoms with Crippen LogP contribution in [0.3, 0.4) is 0 Å². The molecule has 0 spiro atoms. The van der Waals surface area contributed by atoms with E-state index in [1.807, 2.05) is 24.3 Å². The van der Waals surface area contributed by atoms with Gasteiger partial charge in [-0.25, -0.2) is 0 Å². The van der Waals surface area contributed by atoms with Crippen molar-refractivity contribution in [3.8, 4) is 11.6 Å². The van der Waals surface area contributed by atoms with Gasteiger partial charge in [0.25, 0.3) is 0 Å². The first-order valence-electron chi connectivity index (χ1n) is 7.01. The minimum Gasteiger partial charge on any atom is -0.438 e. The Labute approximate surface area is 119 Å². The van der Waals surface area contributed by atoms with Gasteiger partial charge in [0.1, 0.15) is 5.75 Å². The summed E-state index contributed by atoms with van der Waals surface area (Å²) in [7, 11) is 0. The lowest BCUT2D eigenvalue weighted by Crippen LogP contribution is -2.16. The summed E-state index contributed by atoms with van der Waals surface area (Å²) < 4.78 is 5.74. The second kappa shape index (κ2) is 5.59. The smallest absolute Gasteiger partial charge is 0.238 e. The van der Waals surface area contributed by atoms with E-state index < -0.39 is 0 Å². The predicted molar refractivity (Wildman–Crippen MR) is 77.9 cm³/mol. The summed E-state index contributed by atoms with van der Waals surface area (Å²) in [6.07, 6.45) is 2.56. The Morgan fingerprint density at radius 3 is 2.45 bits per heavy atom. The number of ether oxygens (including phenoxy) is 1. The van der Waals surface area contributed by atoms with Gasteiger partial charge >= 0.3 is 0 Å². The second-order valence-corrected chi connectivity index (χ2v) is 5.44. The summed E-state index contributed by atoms with van der Waals surface area (Å²) in [6.45, 7) is 4.89. The van der Waals surface area contributed by atoms with Crippen molar-refractivity contribution in [1.29, 1.82) is 0 Å². The SMILES string of the molecule is Cc1cc(C)cc(Oc2ccc(CNC3CC3)nn2)c1. The normalized spacial score (nSPS) is 14.3. The molecule has 1 aromatic carbocycles. The fraction of sp³-hybridized carbons (Fsp3) is 0.375.